The zero-order valence-electron chi connectivity index (χ0n) is 17.7. The first-order valence-corrected chi connectivity index (χ1v) is 10.6. The topological polar surface area (TPSA) is 78.9 Å². The smallest absolute Gasteiger partial charge is 0.416 e. The highest BCUT2D eigenvalue weighted by atomic mass is 32.1. The molecule has 1 heterocycles. The minimum Gasteiger partial charge on any atom is -0.457 e. The number of nitrogens with zero attached hydrogens (tertiary/aromatic N) is 1. The van der Waals surface area contributed by atoms with E-state index in [0.29, 0.717) is 32.4 Å². The molecule has 0 fully saturated rings. The standard InChI is InChI=1S/C23H21F3N2O4S/c1-14-19(21(31)27-2)22(28(13-29)12-18(30)23(24,25)26)33-20(14)15-8-10-17(11-9-15)32-16-6-4-3-5-7-16/h3-11,13,18,30H,12H2,1-2H3,(H,27,31). The number of halogens is 3. The highest BCUT2D eigenvalue weighted by Gasteiger charge is 2.40. The van der Waals surface area contributed by atoms with Crippen LogP contribution < -0.4 is 15.0 Å². The summed E-state index contributed by atoms with van der Waals surface area (Å²) in [4.78, 5) is 25.4. The van der Waals surface area contributed by atoms with Crippen LogP contribution in [0.15, 0.2) is 54.6 Å². The number of rotatable bonds is 8. The Bertz CT molecular complexity index is 1120. The second kappa shape index (κ2) is 10.1. The van der Waals surface area contributed by atoms with E-state index in [2.05, 4.69) is 5.32 Å². The monoisotopic (exact) mass is 478 g/mol. The van der Waals surface area contributed by atoms with Gasteiger partial charge in [0.05, 0.1) is 12.1 Å². The van der Waals surface area contributed by atoms with Crippen LogP contribution in [0.5, 0.6) is 11.5 Å². The van der Waals surface area contributed by atoms with Crippen molar-refractivity contribution in [1.29, 1.82) is 0 Å². The molecule has 10 heteroatoms. The number of aliphatic hydroxyl groups excluding tert-OH is 1. The summed E-state index contributed by atoms with van der Waals surface area (Å²) in [7, 11) is 1.38. The summed E-state index contributed by atoms with van der Waals surface area (Å²) in [5.74, 6) is 0.683. The predicted molar refractivity (Wildman–Crippen MR) is 120 cm³/mol. The van der Waals surface area contributed by atoms with Crippen molar-refractivity contribution in [3.05, 3.63) is 65.7 Å². The van der Waals surface area contributed by atoms with Gasteiger partial charge in [-0.3, -0.25) is 9.59 Å². The molecule has 2 aromatic carbocycles. The minimum absolute atomic E-state index is 0.0183. The van der Waals surface area contributed by atoms with Crippen LogP contribution in [0.2, 0.25) is 0 Å². The van der Waals surface area contributed by atoms with Gasteiger partial charge in [0.25, 0.3) is 5.91 Å². The van der Waals surface area contributed by atoms with Crippen LogP contribution in [0.4, 0.5) is 18.2 Å². The number of anilines is 1. The average Bonchev–Trinajstić information content (AvgIpc) is 3.14. The lowest BCUT2D eigenvalue weighted by Gasteiger charge is -2.22. The maximum atomic E-state index is 12.9. The Morgan fingerprint density at radius 2 is 1.76 bits per heavy atom. The van der Waals surface area contributed by atoms with Crippen molar-refractivity contribution >= 4 is 28.7 Å². The van der Waals surface area contributed by atoms with Gasteiger partial charge >= 0.3 is 6.18 Å². The number of nitrogens with one attached hydrogen (secondary N) is 1. The molecule has 0 radical (unpaired) electrons. The Hall–Kier alpha value is -3.37. The number of alkyl halides is 3. The second-order valence-electron chi connectivity index (χ2n) is 7.07. The molecular formula is C23H21F3N2O4S. The Balaban J connectivity index is 1.97. The van der Waals surface area contributed by atoms with E-state index in [1.54, 1.807) is 31.2 Å². The molecular weight excluding hydrogens is 457 g/mol. The van der Waals surface area contributed by atoms with Gasteiger partial charge in [-0.05, 0) is 54.4 Å². The molecule has 2 N–H and O–H groups in total. The molecule has 3 aromatic rings. The Kier molecular flexibility index (Phi) is 7.39. The lowest BCUT2D eigenvalue weighted by atomic mass is 10.1. The van der Waals surface area contributed by atoms with E-state index in [1.165, 1.54) is 7.05 Å². The van der Waals surface area contributed by atoms with E-state index in [9.17, 15) is 27.9 Å². The summed E-state index contributed by atoms with van der Waals surface area (Å²) in [5.41, 5.74) is 1.26. The normalized spacial score (nSPS) is 12.2. The summed E-state index contributed by atoms with van der Waals surface area (Å²) in [6.45, 7) is 0.623. The lowest BCUT2D eigenvalue weighted by Crippen LogP contribution is -2.41. The van der Waals surface area contributed by atoms with Gasteiger partial charge < -0.3 is 20.1 Å². The van der Waals surface area contributed by atoms with E-state index in [0.717, 1.165) is 11.3 Å². The predicted octanol–water partition coefficient (Wildman–Crippen LogP) is 4.76. The first-order chi connectivity index (χ1) is 15.7. The number of amides is 2. The molecule has 0 bridgehead atoms. The molecule has 2 amide bonds. The number of carbonyl (C=O) groups excluding carboxylic acids is 2. The summed E-state index contributed by atoms with van der Waals surface area (Å²) in [5, 5.41) is 11.9. The molecule has 1 unspecified atom stereocenters. The number of benzene rings is 2. The van der Waals surface area contributed by atoms with Crippen LogP contribution in [0, 0.1) is 6.92 Å². The maximum Gasteiger partial charge on any atom is 0.416 e. The van der Waals surface area contributed by atoms with Gasteiger partial charge in [-0.2, -0.15) is 13.2 Å². The number of hydrogen-bond donors (Lipinski definition) is 2. The van der Waals surface area contributed by atoms with Gasteiger partial charge in [-0.25, -0.2) is 0 Å². The minimum atomic E-state index is -4.90. The molecule has 3 rings (SSSR count). The zero-order chi connectivity index (χ0) is 24.2. The van der Waals surface area contributed by atoms with E-state index in [4.69, 9.17) is 4.74 Å². The molecule has 0 spiro atoms. The second-order valence-corrected chi connectivity index (χ2v) is 8.07. The number of hydrogen-bond acceptors (Lipinski definition) is 5. The van der Waals surface area contributed by atoms with Crippen molar-refractivity contribution in [3.8, 4) is 21.9 Å². The molecule has 0 aliphatic carbocycles. The quantitative estimate of drug-likeness (QED) is 0.458. The zero-order valence-corrected chi connectivity index (χ0v) is 18.5. The van der Waals surface area contributed by atoms with Crippen LogP contribution in [0.25, 0.3) is 10.4 Å². The average molecular weight is 478 g/mol. The lowest BCUT2D eigenvalue weighted by molar-refractivity contribution is -0.200. The third-order valence-corrected chi connectivity index (χ3v) is 6.19. The van der Waals surface area contributed by atoms with Crippen molar-refractivity contribution in [3.63, 3.8) is 0 Å². The molecule has 1 atom stereocenters. The van der Waals surface area contributed by atoms with E-state index in [-0.39, 0.29) is 17.0 Å². The highest BCUT2D eigenvalue weighted by Crippen LogP contribution is 2.42. The van der Waals surface area contributed by atoms with Gasteiger partial charge in [0.15, 0.2) is 6.10 Å². The third kappa shape index (κ3) is 5.52. The van der Waals surface area contributed by atoms with E-state index < -0.39 is 24.7 Å². The summed E-state index contributed by atoms with van der Waals surface area (Å²) in [6.07, 6.45) is -7.48. The Morgan fingerprint density at radius 3 is 2.30 bits per heavy atom. The fraction of sp³-hybridized carbons (Fsp3) is 0.217. The molecule has 0 aliphatic heterocycles. The first kappa shape index (κ1) is 24.3. The molecule has 0 aliphatic rings. The van der Waals surface area contributed by atoms with Gasteiger partial charge in [0.1, 0.15) is 16.5 Å². The van der Waals surface area contributed by atoms with Crippen LogP contribution in [0.3, 0.4) is 0 Å². The Morgan fingerprint density at radius 1 is 1.15 bits per heavy atom. The summed E-state index contributed by atoms with van der Waals surface area (Å²) >= 11 is 0.993. The number of para-hydroxylation sites is 1. The molecule has 0 saturated heterocycles. The molecule has 33 heavy (non-hydrogen) atoms. The fourth-order valence-electron chi connectivity index (χ4n) is 3.13. The molecule has 6 nitrogen and oxygen atoms in total. The van der Waals surface area contributed by atoms with Gasteiger partial charge in [-0.15, -0.1) is 11.3 Å². The summed E-state index contributed by atoms with van der Waals surface area (Å²) in [6, 6.07) is 16.1. The molecule has 174 valence electrons. The number of ether oxygens (including phenoxy) is 1. The van der Waals surface area contributed by atoms with Crippen LogP contribution in [-0.4, -0.2) is 43.3 Å². The number of aliphatic hydroxyl groups is 1. The first-order valence-electron chi connectivity index (χ1n) is 9.81. The fourth-order valence-corrected chi connectivity index (χ4v) is 4.42. The highest BCUT2D eigenvalue weighted by molar-refractivity contribution is 7.20. The van der Waals surface area contributed by atoms with E-state index >= 15 is 0 Å². The van der Waals surface area contributed by atoms with Crippen LogP contribution in [0.1, 0.15) is 15.9 Å². The van der Waals surface area contributed by atoms with Gasteiger partial charge in [-0.1, -0.05) is 18.2 Å². The van der Waals surface area contributed by atoms with Crippen LogP contribution in [-0.2, 0) is 4.79 Å². The molecule has 0 saturated carbocycles. The summed E-state index contributed by atoms with van der Waals surface area (Å²) < 4.78 is 44.3. The van der Waals surface area contributed by atoms with Crippen molar-refractivity contribution in [1.82, 2.24) is 5.32 Å². The third-order valence-electron chi connectivity index (χ3n) is 4.81. The molecule has 1 aromatic heterocycles. The Labute approximate surface area is 192 Å². The van der Waals surface area contributed by atoms with Crippen molar-refractivity contribution in [2.75, 3.05) is 18.5 Å². The van der Waals surface area contributed by atoms with E-state index in [1.807, 2.05) is 30.3 Å². The SMILES string of the molecule is CNC(=O)c1c(N(C=O)CC(O)C(F)(F)F)sc(-c2ccc(Oc3ccccc3)cc2)c1C. The van der Waals surface area contributed by atoms with Gasteiger partial charge in [0.2, 0.25) is 6.41 Å². The maximum absolute atomic E-state index is 12.9. The number of carbonyl (C=O) groups is 2. The van der Waals surface area contributed by atoms with Crippen molar-refractivity contribution in [2.24, 2.45) is 0 Å². The number of thiophene rings is 1. The van der Waals surface area contributed by atoms with Gasteiger partial charge in [0, 0.05) is 11.9 Å². The van der Waals surface area contributed by atoms with Crippen LogP contribution >= 0.6 is 11.3 Å². The largest absolute Gasteiger partial charge is 0.457 e. The van der Waals surface area contributed by atoms with Crippen molar-refractivity contribution in [2.45, 2.75) is 19.2 Å². The van der Waals surface area contributed by atoms with Crippen molar-refractivity contribution < 1.29 is 32.6 Å².